The van der Waals surface area contributed by atoms with Gasteiger partial charge in [0.05, 0.1) is 6.10 Å². The molecule has 4 nitrogen and oxygen atoms in total. The first-order valence-corrected chi connectivity index (χ1v) is 8.14. The van der Waals surface area contributed by atoms with Crippen LogP contribution in [0.1, 0.15) is 25.3 Å². The molecule has 0 saturated carbocycles. The largest absolute Gasteiger partial charge is 0.408 e. The maximum Gasteiger partial charge on any atom is 0.408 e. The number of nitrogens with one attached hydrogen (secondary N) is 1. The fourth-order valence-corrected chi connectivity index (χ4v) is 2.69. The van der Waals surface area contributed by atoms with Crippen LogP contribution in [0.3, 0.4) is 0 Å². The minimum Gasteiger partial charge on any atom is -0.377 e. The lowest BCUT2D eigenvalue weighted by atomic mass is 10.1. The van der Waals surface area contributed by atoms with Crippen molar-refractivity contribution >= 4 is 6.03 Å². The number of hydrogen-bond donors (Lipinski definition) is 1. The van der Waals surface area contributed by atoms with Gasteiger partial charge in [0.25, 0.3) is 0 Å². The van der Waals surface area contributed by atoms with E-state index in [1.807, 2.05) is 13.0 Å². The van der Waals surface area contributed by atoms with Crippen LogP contribution in [0.5, 0.6) is 0 Å². The number of halogens is 3. The summed E-state index contributed by atoms with van der Waals surface area (Å²) in [6, 6.07) is 6.42. The first kappa shape index (κ1) is 18.6. The average Bonchev–Trinajstić information content (AvgIpc) is 2.75. The summed E-state index contributed by atoms with van der Waals surface area (Å²) in [4.78, 5) is 13.6. The van der Waals surface area contributed by atoms with Crippen LogP contribution < -0.4 is 5.32 Å². The highest BCUT2D eigenvalue weighted by molar-refractivity contribution is 5.74. The number of hydrogen-bond acceptors (Lipinski definition) is 2. The van der Waals surface area contributed by atoms with Gasteiger partial charge in [-0.3, -0.25) is 0 Å². The number of ether oxygens (including phenoxy) is 1. The van der Waals surface area contributed by atoms with Crippen LogP contribution in [0.25, 0.3) is 0 Å². The molecule has 0 spiro atoms. The molecule has 1 aliphatic heterocycles. The highest BCUT2D eigenvalue weighted by Crippen LogP contribution is 2.24. The van der Waals surface area contributed by atoms with E-state index >= 15 is 0 Å². The van der Waals surface area contributed by atoms with Gasteiger partial charge in [0, 0.05) is 19.7 Å². The van der Waals surface area contributed by atoms with Gasteiger partial charge in [-0.2, -0.15) is 13.2 Å². The molecule has 1 heterocycles. The molecule has 134 valence electrons. The number of carbonyl (C=O) groups excluding carboxylic acids is 1. The van der Waals surface area contributed by atoms with Gasteiger partial charge in [-0.1, -0.05) is 30.3 Å². The van der Waals surface area contributed by atoms with Crippen molar-refractivity contribution in [1.82, 2.24) is 10.2 Å². The molecule has 7 heteroatoms. The highest BCUT2D eigenvalue weighted by Gasteiger charge is 2.41. The number of rotatable bonds is 4. The molecule has 2 amide bonds. The lowest BCUT2D eigenvalue weighted by Gasteiger charge is -2.27. The SMILES string of the molecule is CC1CN(C(=O)NC(CCc2ccccc2)C(F)(F)F)CCCO1. The van der Waals surface area contributed by atoms with Gasteiger partial charge in [0.15, 0.2) is 0 Å². The number of amides is 2. The summed E-state index contributed by atoms with van der Waals surface area (Å²) in [5.41, 5.74) is 0.817. The number of carbonyl (C=O) groups is 1. The van der Waals surface area contributed by atoms with Crippen molar-refractivity contribution in [3.8, 4) is 0 Å². The normalized spacial score (nSPS) is 20.3. The van der Waals surface area contributed by atoms with Crippen molar-refractivity contribution in [3.63, 3.8) is 0 Å². The summed E-state index contributed by atoms with van der Waals surface area (Å²) in [6.07, 6.45) is -3.95. The third-order valence-corrected chi connectivity index (χ3v) is 4.00. The Morgan fingerprint density at radius 1 is 1.38 bits per heavy atom. The van der Waals surface area contributed by atoms with Crippen LogP contribution in [-0.4, -0.2) is 48.9 Å². The maximum atomic E-state index is 13.2. The molecule has 2 atom stereocenters. The van der Waals surface area contributed by atoms with E-state index < -0.39 is 18.2 Å². The summed E-state index contributed by atoms with van der Waals surface area (Å²) in [5.74, 6) is 0. The van der Waals surface area contributed by atoms with E-state index in [2.05, 4.69) is 5.32 Å². The van der Waals surface area contributed by atoms with E-state index in [-0.39, 0.29) is 18.9 Å². The van der Waals surface area contributed by atoms with Crippen LogP contribution in [-0.2, 0) is 11.2 Å². The van der Waals surface area contributed by atoms with Crippen molar-refractivity contribution in [3.05, 3.63) is 35.9 Å². The van der Waals surface area contributed by atoms with Crippen molar-refractivity contribution < 1.29 is 22.7 Å². The van der Waals surface area contributed by atoms with Crippen LogP contribution >= 0.6 is 0 Å². The van der Waals surface area contributed by atoms with Gasteiger partial charge in [-0.15, -0.1) is 0 Å². The average molecular weight is 344 g/mol. The summed E-state index contributed by atoms with van der Waals surface area (Å²) in [7, 11) is 0. The number of benzene rings is 1. The second kappa shape index (κ2) is 8.37. The van der Waals surface area contributed by atoms with E-state index in [1.165, 1.54) is 4.90 Å². The zero-order valence-corrected chi connectivity index (χ0v) is 13.7. The first-order chi connectivity index (χ1) is 11.4. The van der Waals surface area contributed by atoms with Crippen LogP contribution in [0.4, 0.5) is 18.0 Å². The fraction of sp³-hybridized carbons (Fsp3) is 0.588. The zero-order chi connectivity index (χ0) is 17.6. The second-order valence-electron chi connectivity index (χ2n) is 6.05. The topological polar surface area (TPSA) is 41.6 Å². The van der Waals surface area contributed by atoms with E-state index in [0.29, 0.717) is 26.1 Å². The molecule has 1 saturated heterocycles. The zero-order valence-electron chi connectivity index (χ0n) is 13.7. The molecule has 0 bridgehead atoms. The van der Waals surface area contributed by atoms with Gasteiger partial charge < -0.3 is 15.0 Å². The second-order valence-corrected chi connectivity index (χ2v) is 6.05. The summed E-state index contributed by atoms with van der Waals surface area (Å²) < 4.78 is 45.2. The van der Waals surface area contributed by atoms with Crippen molar-refractivity contribution in [2.75, 3.05) is 19.7 Å². The molecule has 0 aromatic heterocycles. The Kier molecular flexibility index (Phi) is 6.48. The minimum atomic E-state index is -4.47. The molecular weight excluding hydrogens is 321 g/mol. The lowest BCUT2D eigenvalue weighted by Crippen LogP contribution is -2.52. The van der Waals surface area contributed by atoms with E-state index in [0.717, 1.165) is 5.56 Å². The first-order valence-electron chi connectivity index (χ1n) is 8.14. The Morgan fingerprint density at radius 3 is 2.75 bits per heavy atom. The van der Waals surface area contributed by atoms with Gasteiger partial charge in [0.2, 0.25) is 0 Å². The predicted octanol–water partition coefficient (Wildman–Crippen LogP) is 3.37. The van der Waals surface area contributed by atoms with Gasteiger partial charge in [-0.25, -0.2) is 4.79 Å². The molecule has 0 radical (unpaired) electrons. The molecule has 1 fully saturated rings. The number of nitrogens with zero attached hydrogens (tertiary/aromatic N) is 1. The Balaban J connectivity index is 1.96. The Bertz CT molecular complexity index is 522. The van der Waals surface area contributed by atoms with Crippen molar-refractivity contribution in [2.45, 2.75) is 44.5 Å². The molecule has 1 aromatic carbocycles. The number of aryl methyl sites for hydroxylation is 1. The standard InChI is InChI=1S/C17H23F3N2O2/c1-13-12-22(10-5-11-24-13)16(23)21-15(17(18,19)20)9-8-14-6-3-2-4-7-14/h2-4,6-7,13,15H,5,8-12H2,1H3,(H,21,23). The summed E-state index contributed by atoms with van der Waals surface area (Å²) in [5, 5.41) is 2.15. The summed E-state index contributed by atoms with van der Waals surface area (Å²) in [6.45, 7) is 3.03. The molecule has 0 aliphatic carbocycles. The maximum absolute atomic E-state index is 13.2. The van der Waals surface area contributed by atoms with E-state index in [4.69, 9.17) is 4.74 Å². The molecule has 1 aliphatic rings. The smallest absolute Gasteiger partial charge is 0.377 e. The van der Waals surface area contributed by atoms with Crippen molar-refractivity contribution in [2.24, 2.45) is 0 Å². The molecular formula is C17H23F3N2O2. The van der Waals surface area contributed by atoms with Crippen LogP contribution in [0.2, 0.25) is 0 Å². The van der Waals surface area contributed by atoms with Crippen LogP contribution in [0.15, 0.2) is 30.3 Å². The van der Waals surface area contributed by atoms with Crippen LogP contribution in [0, 0.1) is 0 Å². The van der Waals surface area contributed by atoms with E-state index in [9.17, 15) is 18.0 Å². The highest BCUT2D eigenvalue weighted by atomic mass is 19.4. The lowest BCUT2D eigenvalue weighted by molar-refractivity contribution is -0.154. The monoisotopic (exact) mass is 344 g/mol. The van der Waals surface area contributed by atoms with Gasteiger partial charge in [0.1, 0.15) is 6.04 Å². The Labute approximate surface area is 140 Å². The number of urea groups is 1. The molecule has 2 rings (SSSR count). The minimum absolute atomic E-state index is 0.174. The molecule has 1 N–H and O–H groups in total. The van der Waals surface area contributed by atoms with Gasteiger partial charge in [-0.05, 0) is 31.7 Å². The van der Waals surface area contributed by atoms with Crippen molar-refractivity contribution in [1.29, 1.82) is 0 Å². The third kappa shape index (κ3) is 5.70. The fourth-order valence-electron chi connectivity index (χ4n) is 2.69. The van der Waals surface area contributed by atoms with Gasteiger partial charge >= 0.3 is 12.2 Å². The molecule has 1 aromatic rings. The Morgan fingerprint density at radius 2 is 2.08 bits per heavy atom. The molecule has 2 unspecified atom stereocenters. The van der Waals surface area contributed by atoms with E-state index in [1.54, 1.807) is 24.3 Å². The summed E-state index contributed by atoms with van der Waals surface area (Å²) >= 11 is 0. The third-order valence-electron chi connectivity index (χ3n) is 4.00. The molecule has 24 heavy (non-hydrogen) atoms. The Hall–Kier alpha value is -1.76. The number of alkyl halides is 3. The quantitative estimate of drug-likeness (QED) is 0.910. The predicted molar refractivity (Wildman–Crippen MR) is 84.7 cm³/mol.